The second-order valence-electron chi connectivity index (χ2n) is 3.59. The third kappa shape index (κ3) is 2.83. The van der Waals surface area contributed by atoms with Crippen LogP contribution in [0.5, 0.6) is 0 Å². The number of halogens is 1. The number of carboxylic acids is 1. The molecule has 2 aromatic rings. The third-order valence-corrected chi connectivity index (χ3v) is 3.66. The van der Waals surface area contributed by atoms with Crippen LogP contribution >= 0.6 is 23.4 Å². The molecule has 0 saturated carbocycles. The summed E-state index contributed by atoms with van der Waals surface area (Å²) in [5.74, 6) is 0.421. The van der Waals surface area contributed by atoms with Gasteiger partial charge in [0.1, 0.15) is 12.2 Å². The van der Waals surface area contributed by atoms with Crippen molar-refractivity contribution in [3.8, 4) is 0 Å². The van der Waals surface area contributed by atoms with Crippen molar-refractivity contribution >= 4 is 29.3 Å². The molecule has 0 unspecified atom stereocenters. The monoisotopic (exact) mass is 283 g/mol. The van der Waals surface area contributed by atoms with Crippen LogP contribution in [0.25, 0.3) is 0 Å². The zero-order valence-corrected chi connectivity index (χ0v) is 11.1. The van der Waals surface area contributed by atoms with E-state index in [0.29, 0.717) is 5.75 Å². The van der Waals surface area contributed by atoms with Gasteiger partial charge < -0.3 is 9.67 Å². The lowest BCUT2D eigenvalue weighted by atomic mass is 10.2. The van der Waals surface area contributed by atoms with E-state index in [-0.39, 0.29) is 10.6 Å². The molecule has 0 spiro atoms. The van der Waals surface area contributed by atoms with Crippen molar-refractivity contribution in [3.05, 3.63) is 40.9 Å². The summed E-state index contributed by atoms with van der Waals surface area (Å²) in [6.45, 7) is 0. The van der Waals surface area contributed by atoms with Crippen LogP contribution in [-0.4, -0.2) is 25.8 Å². The normalized spacial score (nSPS) is 10.6. The van der Waals surface area contributed by atoms with Gasteiger partial charge in [-0.3, -0.25) is 0 Å². The van der Waals surface area contributed by atoms with Crippen LogP contribution in [0, 0.1) is 0 Å². The molecule has 0 amide bonds. The van der Waals surface area contributed by atoms with Crippen molar-refractivity contribution in [2.45, 2.75) is 10.6 Å². The van der Waals surface area contributed by atoms with E-state index >= 15 is 0 Å². The number of thioether (sulfide) groups is 1. The summed E-state index contributed by atoms with van der Waals surface area (Å²) in [5, 5.41) is 16.9. The second kappa shape index (κ2) is 5.41. The molecule has 0 saturated heterocycles. The minimum absolute atomic E-state index is 0.111. The minimum Gasteiger partial charge on any atom is -0.478 e. The molecule has 0 atom stereocenters. The fourth-order valence-corrected chi connectivity index (χ4v) is 2.46. The Hall–Kier alpha value is -1.53. The number of rotatable bonds is 4. The summed E-state index contributed by atoms with van der Waals surface area (Å²) in [5.41, 5.74) is 0.111. The molecular weight excluding hydrogens is 274 g/mol. The molecule has 1 heterocycles. The second-order valence-corrected chi connectivity index (χ2v) is 5.05. The van der Waals surface area contributed by atoms with E-state index in [1.807, 2.05) is 11.6 Å². The van der Waals surface area contributed by atoms with Crippen LogP contribution in [-0.2, 0) is 12.8 Å². The Morgan fingerprint density at radius 1 is 1.56 bits per heavy atom. The molecule has 0 aliphatic rings. The smallest absolute Gasteiger partial charge is 0.337 e. The molecule has 2 rings (SSSR count). The number of carbonyl (C=O) groups is 1. The van der Waals surface area contributed by atoms with Gasteiger partial charge in [-0.2, -0.15) is 0 Å². The van der Waals surface area contributed by atoms with Gasteiger partial charge in [0.25, 0.3) is 0 Å². The predicted octanol–water partition coefficient (Wildman–Crippen LogP) is 2.46. The predicted molar refractivity (Wildman–Crippen MR) is 69.0 cm³/mol. The molecule has 94 valence electrons. The average molecular weight is 284 g/mol. The maximum absolute atomic E-state index is 10.9. The van der Waals surface area contributed by atoms with Crippen molar-refractivity contribution < 1.29 is 9.90 Å². The van der Waals surface area contributed by atoms with Crippen LogP contribution < -0.4 is 0 Å². The molecule has 0 radical (unpaired) electrons. The number of aryl methyl sites for hydroxylation is 1. The van der Waals surface area contributed by atoms with Crippen LogP contribution in [0.2, 0.25) is 5.02 Å². The van der Waals surface area contributed by atoms with Crippen LogP contribution in [0.4, 0.5) is 0 Å². The van der Waals surface area contributed by atoms with E-state index in [2.05, 4.69) is 10.2 Å². The van der Waals surface area contributed by atoms with Gasteiger partial charge in [0.15, 0.2) is 0 Å². The standard InChI is InChI=1S/C11H10ClN3O2S/c1-15-6-13-14-10(15)5-18-7-2-3-9(12)8(4-7)11(16)17/h2-4,6H,5H2,1H3,(H,16,17). The van der Waals surface area contributed by atoms with E-state index in [4.69, 9.17) is 16.7 Å². The lowest BCUT2D eigenvalue weighted by molar-refractivity contribution is 0.0697. The van der Waals surface area contributed by atoms with Gasteiger partial charge >= 0.3 is 5.97 Å². The first-order chi connectivity index (χ1) is 8.58. The first-order valence-electron chi connectivity index (χ1n) is 5.06. The Morgan fingerprint density at radius 3 is 2.94 bits per heavy atom. The zero-order valence-electron chi connectivity index (χ0n) is 9.50. The molecule has 18 heavy (non-hydrogen) atoms. The molecule has 1 N–H and O–H groups in total. The average Bonchev–Trinajstić information content (AvgIpc) is 2.73. The van der Waals surface area contributed by atoms with Gasteiger partial charge in [0.05, 0.1) is 16.3 Å². The molecule has 0 fully saturated rings. The third-order valence-electron chi connectivity index (χ3n) is 2.34. The number of hydrogen-bond donors (Lipinski definition) is 1. The van der Waals surface area contributed by atoms with Gasteiger partial charge in [-0.05, 0) is 18.2 Å². The number of carboxylic acid groups (broad SMARTS) is 1. The Bertz CT molecular complexity index is 585. The van der Waals surface area contributed by atoms with E-state index in [1.165, 1.54) is 11.8 Å². The van der Waals surface area contributed by atoms with E-state index < -0.39 is 5.97 Å². The van der Waals surface area contributed by atoms with E-state index in [0.717, 1.165) is 10.7 Å². The first-order valence-corrected chi connectivity index (χ1v) is 6.43. The van der Waals surface area contributed by atoms with E-state index in [9.17, 15) is 4.79 Å². The summed E-state index contributed by atoms with van der Waals surface area (Å²) < 4.78 is 1.82. The Labute approximate surface area is 113 Å². The number of nitrogens with zero attached hydrogens (tertiary/aromatic N) is 3. The zero-order chi connectivity index (χ0) is 13.1. The van der Waals surface area contributed by atoms with Gasteiger partial charge in [0, 0.05) is 11.9 Å². The molecule has 0 aliphatic carbocycles. The van der Waals surface area contributed by atoms with Gasteiger partial charge in [-0.25, -0.2) is 4.79 Å². The highest BCUT2D eigenvalue weighted by molar-refractivity contribution is 7.98. The van der Waals surface area contributed by atoms with Crippen molar-refractivity contribution in [2.75, 3.05) is 0 Å². The summed E-state index contributed by atoms with van der Waals surface area (Å²) in [6, 6.07) is 4.94. The summed E-state index contributed by atoms with van der Waals surface area (Å²) in [4.78, 5) is 11.8. The van der Waals surface area contributed by atoms with Crippen LogP contribution in [0.15, 0.2) is 29.4 Å². The SMILES string of the molecule is Cn1cnnc1CSc1ccc(Cl)c(C(=O)O)c1. The number of aromatic carboxylic acids is 1. The molecule has 1 aromatic carbocycles. The van der Waals surface area contributed by atoms with Gasteiger partial charge in [-0.1, -0.05) is 11.6 Å². The highest BCUT2D eigenvalue weighted by Gasteiger charge is 2.10. The minimum atomic E-state index is -1.03. The first kappa shape index (κ1) is 12.9. The van der Waals surface area contributed by atoms with Crippen molar-refractivity contribution in [2.24, 2.45) is 7.05 Å². The molecule has 0 bridgehead atoms. The largest absolute Gasteiger partial charge is 0.478 e. The van der Waals surface area contributed by atoms with Crippen molar-refractivity contribution in [1.82, 2.24) is 14.8 Å². The Morgan fingerprint density at radius 2 is 2.33 bits per heavy atom. The highest BCUT2D eigenvalue weighted by atomic mass is 35.5. The molecule has 7 heteroatoms. The van der Waals surface area contributed by atoms with Gasteiger partial charge in [0.2, 0.25) is 0 Å². The number of hydrogen-bond acceptors (Lipinski definition) is 4. The maximum atomic E-state index is 10.9. The molecule has 1 aromatic heterocycles. The maximum Gasteiger partial charge on any atom is 0.337 e. The quantitative estimate of drug-likeness (QED) is 0.873. The molecule has 5 nitrogen and oxygen atoms in total. The van der Waals surface area contributed by atoms with Gasteiger partial charge in [-0.15, -0.1) is 22.0 Å². The lowest BCUT2D eigenvalue weighted by Crippen LogP contribution is -1.98. The van der Waals surface area contributed by atoms with Crippen molar-refractivity contribution in [3.63, 3.8) is 0 Å². The van der Waals surface area contributed by atoms with Crippen LogP contribution in [0.1, 0.15) is 16.2 Å². The lowest BCUT2D eigenvalue weighted by Gasteiger charge is -2.04. The molecule has 0 aliphatic heterocycles. The number of aromatic nitrogens is 3. The summed E-state index contributed by atoms with van der Waals surface area (Å²) >= 11 is 7.29. The topological polar surface area (TPSA) is 68.0 Å². The van der Waals surface area contributed by atoms with Crippen LogP contribution in [0.3, 0.4) is 0 Å². The fourth-order valence-electron chi connectivity index (χ4n) is 1.34. The summed E-state index contributed by atoms with van der Waals surface area (Å²) in [6.07, 6.45) is 1.63. The molecular formula is C11H10ClN3O2S. The van der Waals surface area contributed by atoms with E-state index in [1.54, 1.807) is 24.5 Å². The number of benzene rings is 1. The highest BCUT2D eigenvalue weighted by Crippen LogP contribution is 2.26. The Balaban J connectivity index is 2.13. The van der Waals surface area contributed by atoms with Crippen molar-refractivity contribution in [1.29, 1.82) is 0 Å². The fraction of sp³-hybridized carbons (Fsp3) is 0.182. The summed E-state index contributed by atoms with van der Waals surface area (Å²) in [7, 11) is 1.86. The Kier molecular flexibility index (Phi) is 3.88.